The van der Waals surface area contributed by atoms with Gasteiger partial charge in [0.2, 0.25) is 0 Å². The monoisotopic (exact) mass is 548 g/mol. The van der Waals surface area contributed by atoms with Crippen molar-refractivity contribution in [3.63, 3.8) is 0 Å². The second kappa shape index (κ2) is 11.5. The molecule has 0 unspecified atom stereocenters. The summed E-state index contributed by atoms with van der Waals surface area (Å²) >= 11 is 0. The summed E-state index contributed by atoms with van der Waals surface area (Å²) in [5, 5.41) is 9.48. The van der Waals surface area contributed by atoms with Crippen molar-refractivity contribution in [3.8, 4) is 16.9 Å². The van der Waals surface area contributed by atoms with Crippen LogP contribution in [0.2, 0.25) is 0 Å². The number of hydrogen-bond donors (Lipinski definition) is 1. The summed E-state index contributed by atoms with van der Waals surface area (Å²) in [5.41, 5.74) is -0.0663. The van der Waals surface area contributed by atoms with Crippen molar-refractivity contribution in [2.75, 3.05) is 39.4 Å². The van der Waals surface area contributed by atoms with Crippen molar-refractivity contribution in [1.29, 1.82) is 0 Å². The van der Waals surface area contributed by atoms with Crippen LogP contribution in [0, 0.1) is 17.2 Å². The van der Waals surface area contributed by atoms with Gasteiger partial charge in [0, 0.05) is 13.1 Å². The molecule has 2 aromatic rings. The van der Waals surface area contributed by atoms with Crippen molar-refractivity contribution in [2.24, 2.45) is 11.3 Å². The number of hydrogen-bond acceptors (Lipinski definition) is 4. The number of carbonyl (C=O) groups excluding carboxylic acids is 1. The number of alkyl halides is 3. The first-order chi connectivity index (χ1) is 18.7. The van der Waals surface area contributed by atoms with Gasteiger partial charge >= 0.3 is 6.18 Å². The summed E-state index contributed by atoms with van der Waals surface area (Å²) in [4.78, 5) is 16.3. The third-order valence-electron chi connectivity index (χ3n) is 8.87. The maximum atomic E-state index is 14.9. The number of amides is 1. The molecular weight excluding hydrogens is 512 g/mol. The first-order valence-electron chi connectivity index (χ1n) is 13.9. The number of aliphatic hydroxyl groups excluding tert-OH is 1. The van der Waals surface area contributed by atoms with Crippen LogP contribution in [0.3, 0.4) is 0 Å². The number of rotatable bonds is 8. The van der Waals surface area contributed by atoms with Crippen molar-refractivity contribution >= 4 is 5.91 Å². The lowest BCUT2D eigenvalue weighted by molar-refractivity contribution is -0.256. The molecular formula is C30H36F4N2O3. The lowest BCUT2D eigenvalue weighted by Gasteiger charge is -2.47. The van der Waals surface area contributed by atoms with Crippen molar-refractivity contribution in [3.05, 3.63) is 53.8 Å². The van der Waals surface area contributed by atoms with Crippen LogP contribution in [0.15, 0.2) is 42.5 Å². The number of piperidine rings is 1. The van der Waals surface area contributed by atoms with E-state index in [4.69, 9.17) is 4.74 Å². The summed E-state index contributed by atoms with van der Waals surface area (Å²) in [5.74, 6) is -0.00770. The van der Waals surface area contributed by atoms with Crippen molar-refractivity contribution < 1.29 is 32.2 Å². The molecule has 5 nitrogen and oxygen atoms in total. The zero-order valence-electron chi connectivity index (χ0n) is 22.1. The number of benzene rings is 2. The average molecular weight is 549 g/mol. The Kier molecular flexibility index (Phi) is 8.19. The number of aliphatic hydroxyl groups is 1. The van der Waals surface area contributed by atoms with Gasteiger partial charge in [0.25, 0.3) is 5.91 Å². The van der Waals surface area contributed by atoms with Gasteiger partial charge in [-0.3, -0.25) is 4.79 Å². The maximum absolute atomic E-state index is 14.9. The molecule has 2 aliphatic heterocycles. The molecule has 39 heavy (non-hydrogen) atoms. The summed E-state index contributed by atoms with van der Waals surface area (Å²) in [6.07, 6.45) is 0.167. The van der Waals surface area contributed by atoms with Gasteiger partial charge in [-0.05, 0) is 92.9 Å². The molecule has 1 N–H and O–H groups in total. The van der Waals surface area contributed by atoms with Crippen LogP contribution in [-0.4, -0.2) is 72.4 Å². The van der Waals surface area contributed by atoms with Crippen LogP contribution < -0.4 is 4.74 Å². The highest BCUT2D eigenvalue weighted by Gasteiger charge is 2.58. The van der Waals surface area contributed by atoms with E-state index in [0.29, 0.717) is 49.9 Å². The van der Waals surface area contributed by atoms with Gasteiger partial charge in [-0.25, -0.2) is 4.39 Å². The summed E-state index contributed by atoms with van der Waals surface area (Å²) < 4.78 is 61.3. The minimum Gasteiger partial charge on any atom is -0.493 e. The minimum absolute atomic E-state index is 0.00589. The summed E-state index contributed by atoms with van der Waals surface area (Å²) in [6, 6.07) is 11.6. The van der Waals surface area contributed by atoms with Gasteiger partial charge in [0.15, 0.2) is 0 Å². The molecule has 2 aromatic carbocycles. The second-order valence-electron chi connectivity index (χ2n) is 11.4. The van der Waals surface area contributed by atoms with Crippen LogP contribution in [0.25, 0.3) is 11.1 Å². The van der Waals surface area contributed by atoms with E-state index in [0.717, 1.165) is 31.2 Å². The average Bonchev–Trinajstić information content (AvgIpc) is 3.38. The molecule has 2 heterocycles. The normalized spacial score (nSPS) is 22.1. The van der Waals surface area contributed by atoms with E-state index in [9.17, 15) is 27.5 Å². The molecule has 1 saturated carbocycles. The van der Waals surface area contributed by atoms with Crippen molar-refractivity contribution in [2.45, 2.75) is 57.2 Å². The molecule has 0 aromatic heterocycles. The van der Waals surface area contributed by atoms with E-state index < -0.39 is 23.3 Å². The van der Waals surface area contributed by atoms with Gasteiger partial charge in [0.05, 0.1) is 30.2 Å². The smallest absolute Gasteiger partial charge is 0.395 e. The zero-order chi connectivity index (χ0) is 27.6. The standard InChI is InChI=1S/C30H36F4N2O3/c31-27-17-23(6-9-26(27)28(38)36-14-1-3-24(36)18-37)22-4-7-25(8-5-22)39-19-21-10-15-35(16-11-21)20-29(12-2-13-29)30(32,33)34/h4-9,17,21,24,37H,1-3,10-16,18-20H2/t24-/m1/s1. The summed E-state index contributed by atoms with van der Waals surface area (Å²) in [6.45, 7) is 2.34. The highest BCUT2D eigenvalue weighted by atomic mass is 19.4. The molecule has 9 heteroatoms. The van der Waals surface area contributed by atoms with Crippen molar-refractivity contribution in [1.82, 2.24) is 9.80 Å². The van der Waals surface area contributed by atoms with Crippen LogP contribution in [0.1, 0.15) is 55.3 Å². The van der Waals surface area contributed by atoms with Gasteiger partial charge in [-0.2, -0.15) is 13.2 Å². The first kappa shape index (κ1) is 27.9. The molecule has 3 fully saturated rings. The SMILES string of the molecule is O=C(c1ccc(-c2ccc(OCC3CCN(CC4(C(F)(F)F)CCC4)CC3)cc2)cc1F)N1CCC[C@@H]1CO. The van der Waals surface area contributed by atoms with E-state index >= 15 is 0 Å². The van der Waals surface area contributed by atoms with Crippen LogP contribution in [0.4, 0.5) is 17.6 Å². The zero-order valence-corrected chi connectivity index (χ0v) is 22.1. The predicted molar refractivity (Wildman–Crippen MR) is 140 cm³/mol. The highest BCUT2D eigenvalue weighted by molar-refractivity contribution is 5.95. The number of ether oxygens (including phenoxy) is 1. The maximum Gasteiger partial charge on any atom is 0.395 e. The Morgan fingerprint density at radius 2 is 1.67 bits per heavy atom. The second-order valence-corrected chi connectivity index (χ2v) is 11.4. The molecule has 0 spiro atoms. The Bertz CT molecular complexity index is 1140. The van der Waals surface area contributed by atoms with Gasteiger partial charge in [0.1, 0.15) is 11.6 Å². The predicted octanol–water partition coefficient (Wildman–Crippen LogP) is 5.91. The Morgan fingerprint density at radius 3 is 2.26 bits per heavy atom. The fraction of sp³-hybridized carbons (Fsp3) is 0.567. The van der Waals surface area contributed by atoms with E-state index in [2.05, 4.69) is 0 Å². The quantitative estimate of drug-likeness (QED) is 0.417. The molecule has 0 radical (unpaired) electrons. The van der Waals surface area contributed by atoms with E-state index in [1.165, 1.54) is 12.1 Å². The molecule has 5 rings (SSSR count). The Morgan fingerprint density at radius 1 is 0.974 bits per heavy atom. The molecule has 1 atom stereocenters. The number of halogens is 4. The first-order valence-corrected chi connectivity index (χ1v) is 13.9. The molecule has 212 valence electrons. The van der Waals surface area contributed by atoms with E-state index in [1.54, 1.807) is 11.0 Å². The number of carbonyl (C=O) groups is 1. The molecule has 2 saturated heterocycles. The fourth-order valence-electron chi connectivity index (χ4n) is 6.15. The Hall–Kier alpha value is -2.65. The largest absolute Gasteiger partial charge is 0.493 e. The molecule has 1 aliphatic carbocycles. The van der Waals surface area contributed by atoms with E-state index in [-0.39, 0.29) is 37.6 Å². The van der Waals surface area contributed by atoms with Crippen LogP contribution >= 0.6 is 0 Å². The Labute approximate surface area is 226 Å². The lowest BCUT2D eigenvalue weighted by Crippen LogP contribution is -2.53. The molecule has 0 bridgehead atoms. The fourth-order valence-corrected chi connectivity index (χ4v) is 6.15. The molecule has 1 amide bonds. The lowest BCUT2D eigenvalue weighted by atomic mass is 9.67. The van der Waals surface area contributed by atoms with Gasteiger partial charge < -0.3 is 19.6 Å². The summed E-state index contributed by atoms with van der Waals surface area (Å²) in [7, 11) is 0. The van der Waals surface area contributed by atoms with Crippen LogP contribution in [-0.2, 0) is 0 Å². The number of nitrogens with zero attached hydrogens (tertiary/aromatic N) is 2. The third kappa shape index (κ3) is 5.94. The van der Waals surface area contributed by atoms with Gasteiger partial charge in [-0.15, -0.1) is 0 Å². The van der Waals surface area contributed by atoms with Crippen LogP contribution in [0.5, 0.6) is 5.75 Å². The Balaban J connectivity index is 1.11. The minimum atomic E-state index is -4.12. The third-order valence-corrected chi connectivity index (χ3v) is 8.87. The molecule has 3 aliphatic rings. The highest BCUT2D eigenvalue weighted by Crippen LogP contribution is 2.53. The van der Waals surface area contributed by atoms with Gasteiger partial charge in [-0.1, -0.05) is 24.6 Å². The number of likely N-dealkylation sites (tertiary alicyclic amines) is 2. The van der Waals surface area contributed by atoms with E-state index in [1.807, 2.05) is 29.2 Å². The topological polar surface area (TPSA) is 53.0 Å².